The van der Waals surface area contributed by atoms with E-state index in [1.165, 1.54) is 6.07 Å². The monoisotopic (exact) mass is 422 g/mol. The van der Waals surface area contributed by atoms with Gasteiger partial charge < -0.3 is 14.5 Å². The standard InChI is InChI=1S/C22H25F3N2O3/c1-3-26-10-7-21(8-11-26)18(14(2)20(29)30-21)19(28)27-9-6-15-4-5-17(22(23,24)25)12-16(15)13-27/h4-5,12H,3,6-11,13H2,1-2H3. The molecule has 1 aromatic rings. The molecule has 3 aliphatic rings. The molecule has 0 atom stereocenters. The summed E-state index contributed by atoms with van der Waals surface area (Å²) in [4.78, 5) is 29.6. The highest BCUT2D eigenvalue weighted by Crippen LogP contribution is 2.42. The fourth-order valence-corrected chi connectivity index (χ4v) is 4.75. The molecule has 1 saturated heterocycles. The Kier molecular flexibility index (Phi) is 5.16. The summed E-state index contributed by atoms with van der Waals surface area (Å²) in [5, 5.41) is 0. The number of esters is 1. The number of rotatable bonds is 2. The van der Waals surface area contributed by atoms with Crippen LogP contribution < -0.4 is 0 Å². The Labute approximate surface area is 173 Å². The molecule has 3 aliphatic heterocycles. The zero-order valence-electron chi connectivity index (χ0n) is 17.1. The van der Waals surface area contributed by atoms with Crippen molar-refractivity contribution in [1.82, 2.24) is 9.80 Å². The first-order valence-corrected chi connectivity index (χ1v) is 10.3. The van der Waals surface area contributed by atoms with Gasteiger partial charge in [-0.2, -0.15) is 13.2 Å². The van der Waals surface area contributed by atoms with Crippen molar-refractivity contribution in [1.29, 1.82) is 0 Å². The number of hydrogen-bond acceptors (Lipinski definition) is 4. The molecule has 5 nitrogen and oxygen atoms in total. The fraction of sp³-hybridized carbons (Fsp3) is 0.545. The van der Waals surface area contributed by atoms with Crippen LogP contribution in [0.15, 0.2) is 29.3 Å². The second-order valence-corrected chi connectivity index (χ2v) is 8.28. The number of likely N-dealkylation sites (tertiary alicyclic amines) is 1. The molecular formula is C22H25F3N2O3. The number of hydrogen-bond donors (Lipinski definition) is 0. The second kappa shape index (κ2) is 7.41. The molecule has 30 heavy (non-hydrogen) atoms. The maximum Gasteiger partial charge on any atom is 0.416 e. The molecule has 0 unspecified atom stereocenters. The number of carbonyl (C=O) groups excluding carboxylic acids is 2. The van der Waals surface area contributed by atoms with Crippen molar-refractivity contribution in [3.05, 3.63) is 46.0 Å². The number of halogens is 3. The molecule has 0 N–H and O–H groups in total. The molecule has 0 radical (unpaired) electrons. The van der Waals surface area contributed by atoms with Gasteiger partial charge in [0.1, 0.15) is 5.60 Å². The van der Waals surface area contributed by atoms with Gasteiger partial charge in [-0.25, -0.2) is 4.79 Å². The van der Waals surface area contributed by atoms with Crippen LogP contribution in [-0.2, 0) is 33.5 Å². The summed E-state index contributed by atoms with van der Waals surface area (Å²) in [6.07, 6.45) is -2.85. The highest BCUT2D eigenvalue weighted by Gasteiger charge is 2.51. The number of ether oxygens (including phenoxy) is 1. The summed E-state index contributed by atoms with van der Waals surface area (Å²) < 4.78 is 45.0. The number of nitrogens with zero attached hydrogens (tertiary/aromatic N) is 2. The minimum atomic E-state index is -4.43. The Balaban J connectivity index is 1.60. The first-order chi connectivity index (χ1) is 14.1. The van der Waals surface area contributed by atoms with E-state index in [9.17, 15) is 22.8 Å². The van der Waals surface area contributed by atoms with E-state index >= 15 is 0 Å². The number of benzene rings is 1. The predicted molar refractivity (Wildman–Crippen MR) is 103 cm³/mol. The predicted octanol–water partition coefficient (Wildman–Crippen LogP) is 3.32. The molecule has 3 heterocycles. The fourth-order valence-electron chi connectivity index (χ4n) is 4.75. The number of fused-ring (bicyclic) bond motifs is 1. The highest BCUT2D eigenvalue weighted by molar-refractivity contribution is 6.07. The van der Waals surface area contributed by atoms with Crippen molar-refractivity contribution in [3.8, 4) is 0 Å². The SMILES string of the molecule is CCN1CCC2(CC1)OC(=O)C(C)=C2C(=O)N1CCc2ccc(C(F)(F)F)cc2C1. The van der Waals surface area contributed by atoms with Gasteiger partial charge in [-0.05, 0) is 43.1 Å². The lowest BCUT2D eigenvalue weighted by molar-refractivity contribution is -0.151. The van der Waals surface area contributed by atoms with Gasteiger partial charge in [0, 0.05) is 44.6 Å². The van der Waals surface area contributed by atoms with E-state index in [4.69, 9.17) is 4.74 Å². The molecule has 1 spiro atoms. The van der Waals surface area contributed by atoms with Crippen molar-refractivity contribution in [2.24, 2.45) is 0 Å². The van der Waals surface area contributed by atoms with Gasteiger partial charge in [-0.3, -0.25) is 4.79 Å². The molecule has 1 fully saturated rings. The van der Waals surface area contributed by atoms with Crippen LogP contribution in [0.3, 0.4) is 0 Å². The highest BCUT2D eigenvalue weighted by atomic mass is 19.4. The van der Waals surface area contributed by atoms with Crippen LogP contribution >= 0.6 is 0 Å². The summed E-state index contributed by atoms with van der Waals surface area (Å²) in [5.74, 6) is -0.772. The number of amides is 1. The van der Waals surface area contributed by atoms with Crippen LogP contribution in [0, 0.1) is 0 Å². The Morgan fingerprint density at radius 3 is 2.50 bits per heavy atom. The van der Waals surface area contributed by atoms with Gasteiger partial charge in [0.25, 0.3) is 5.91 Å². The number of alkyl halides is 3. The second-order valence-electron chi connectivity index (χ2n) is 8.28. The average Bonchev–Trinajstić information content (AvgIpc) is 2.96. The lowest BCUT2D eigenvalue weighted by Crippen LogP contribution is -2.49. The summed E-state index contributed by atoms with van der Waals surface area (Å²) in [6.45, 7) is 6.51. The van der Waals surface area contributed by atoms with E-state index in [1.54, 1.807) is 11.8 Å². The maximum absolute atomic E-state index is 13.5. The van der Waals surface area contributed by atoms with Crippen LogP contribution in [0.25, 0.3) is 0 Å². The zero-order chi connectivity index (χ0) is 21.7. The first-order valence-electron chi connectivity index (χ1n) is 10.3. The van der Waals surface area contributed by atoms with Crippen molar-refractivity contribution in [2.75, 3.05) is 26.2 Å². The molecule has 8 heteroatoms. The number of piperidine rings is 1. The summed E-state index contributed by atoms with van der Waals surface area (Å²) in [6, 6.07) is 3.71. The minimum Gasteiger partial charge on any atom is -0.450 e. The molecule has 1 amide bonds. The largest absolute Gasteiger partial charge is 0.450 e. The smallest absolute Gasteiger partial charge is 0.416 e. The van der Waals surface area contributed by atoms with Crippen LogP contribution in [0.5, 0.6) is 0 Å². The van der Waals surface area contributed by atoms with E-state index in [0.29, 0.717) is 42.5 Å². The van der Waals surface area contributed by atoms with E-state index in [-0.39, 0.29) is 12.5 Å². The Morgan fingerprint density at radius 1 is 1.17 bits per heavy atom. The molecule has 4 rings (SSSR count). The molecule has 0 aliphatic carbocycles. The van der Waals surface area contributed by atoms with E-state index in [1.807, 2.05) is 0 Å². The first kappa shape index (κ1) is 20.9. The van der Waals surface area contributed by atoms with Gasteiger partial charge in [0.15, 0.2) is 0 Å². The van der Waals surface area contributed by atoms with Gasteiger partial charge >= 0.3 is 12.1 Å². The molecule has 0 saturated carbocycles. The van der Waals surface area contributed by atoms with E-state index < -0.39 is 23.3 Å². The van der Waals surface area contributed by atoms with Crippen LogP contribution in [0.2, 0.25) is 0 Å². The van der Waals surface area contributed by atoms with E-state index in [0.717, 1.165) is 37.3 Å². The normalized spacial score (nSPS) is 21.8. The third kappa shape index (κ3) is 3.51. The third-order valence-corrected chi connectivity index (χ3v) is 6.58. The lowest BCUT2D eigenvalue weighted by atomic mass is 9.82. The van der Waals surface area contributed by atoms with Gasteiger partial charge in [0.2, 0.25) is 0 Å². The van der Waals surface area contributed by atoms with Gasteiger partial charge in [-0.1, -0.05) is 13.0 Å². The zero-order valence-corrected chi connectivity index (χ0v) is 17.1. The van der Waals surface area contributed by atoms with E-state index in [2.05, 4.69) is 11.8 Å². The third-order valence-electron chi connectivity index (χ3n) is 6.58. The Morgan fingerprint density at radius 2 is 1.87 bits per heavy atom. The topological polar surface area (TPSA) is 49.9 Å². The summed E-state index contributed by atoms with van der Waals surface area (Å²) in [7, 11) is 0. The van der Waals surface area contributed by atoms with Gasteiger partial charge in [0.05, 0.1) is 11.1 Å². The van der Waals surface area contributed by atoms with Crippen molar-refractivity contribution < 1.29 is 27.5 Å². The molecular weight excluding hydrogens is 397 g/mol. The molecule has 0 aromatic heterocycles. The lowest BCUT2D eigenvalue weighted by Gasteiger charge is -2.40. The Hall–Kier alpha value is -2.35. The van der Waals surface area contributed by atoms with Crippen molar-refractivity contribution >= 4 is 11.9 Å². The van der Waals surface area contributed by atoms with Crippen LogP contribution in [0.1, 0.15) is 43.4 Å². The molecule has 0 bridgehead atoms. The minimum absolute atomic E-state index is 0.0974. The average molecular weight is 422 g/mol. The number of carbonyl (C=O) groups is 2. The molecule has 1 aromatic carbocycles. The quantitative estimate of drug-likeness (QED) is 0.687. The van der Waals surface area contributed by atoms with Gasteiger partial charge in [-0.15, -0.1) is 0 Å². The summed E-state index contributed by atoms with van der Waals surface area (Å²) >= 11 is 0. The Bertz CT molecular complexity index is 915. The summed E-state index contributed by atoms with van der Waals surface area (Å²) in [5.41, 5.74) is 0.398. The van der Waals surface area contributed by atoms with Crippen molar-refractivity contribution in [2.45, 2.75) is 51.4 Å². The maximum atomic E-state index is 13.5. The van der Waals surface area contributed by atoms with Crippen LogP contribution in [-0.4, -0.2) is 53.5 Å². The molecule has 162 valence electrons. The van der Waals surface area contributed by atoms with Crippen molar-refractivity contribution in [3.63, 3.8) is 0 Å². The van der Waals surface area contributed by atoms with Crippen LogP contribution in [0.4, 0.5) is 13.2 Å².